The third kappa shape index (κ3) is 7.90. The van der Waals surface area contributed by atoms with Crippen LogP contribution in [0.15, 0.2) is 53.1 Å². The van der Waals surface area contributed by atoms with E-state index in [2.05, 4.69) is 73.2 Å². The fourth-order valence-corrected chi connectivity index (χ4v) is 3.10. The first-order valence-corrected chi connectivity index (χ1v) is 10.9. The number of allylic oxidation sites excluding steroid dienone is 1. The Labute approximate surface area is 181 Å². The van der Waals surface area contributed by atoms with Crippen LogP contribution in [0.3, 0.4) is 0 Å². The number of benzene rings is 1. The van der Waals surface area contributed by atoms with E-state index in [4.69, 9.17) is 4.74 Å². The van der Waals surface area contributed by atoms with E-state index < -0.39 is 0 Å². The van der Waals surface area contributed by atoms with E-state index >= 15 is 0 Å². The van der Waals surface area contributed by atoms with Gasteiger partial charge in [0.05, 0.1) is 12.8 Å². The molecule has 2 aromatic rings. The molecule has 5 nitrogen and oxygen atoms in total. The lowest BCUT2D eigenvalue weighted by molar-refractivity contribution is 0.309. The molecule has 0 saturated carbocycles. The molecule has 0 aliphatic carbocycles. The first-order valence-electron chi connectivity index (χ1n) is 10.9. The molecule has 0 aliphatic rings. The first-order chi connectivity index (χ1) is 14.5. The lowest BCUT2D eigenvalue weighted by Gasteiger charge is -2.24. The molecule has 1 N–H and O–H groups in total. The molecule has 162 valence electrons. The van der Waals surface area contributed by atoms with Crippen molar-refractivity contribution >= 4 is 17.7 Å². The van der Waals surface area contributed by atoms with Crippen LogP contribution in [0.1, 0.15) is 58.1 Å². The number of pyridine rings is 1. The molecule has 5 heteroatoms. The fourth-order valence-electron chi connectivity index (χ4n) is 3.10. The number of hydrogen-bond acceptors (Lipinski definition) is 5. The van der Waals surface area contributed by atoms with Gasteiger partial charge >= 0.3 is 0 Å². The summed E-state index contributed by atoms with van der Waals surface area (Å²) in [5.74, 6) is 1.31. The summed E-state index contributed by atoms with van der Waals surface area (Å²) in [6.45, 7) is 13.3. The normalized spacial score (nSPS) is 11.7. The van der Waals surface area contributed by atoms with Crippen LogP contribution in [0.5, 0.6) is 5.88 Å². The molecule has 2 rings (SSSR count). The number of nitrogens with zero attached hydrogens (tertiary/aromatic N) is 3. The predicted molar refractivity (Wildman–Crippen MR) is 129 cm³/mol. The highest BCUT2D eigenvalue weighted by Gasteiger charge is 2.10. The molecule has 1 heterocycles. The molecule has 0 fully saturated rings. The second-order valence-corrected chi connectivity index (χ2v) is 7.55. The van der Waals surface area contributed by atoms with Crippen LogP contribution in [-0.2, 0) is 0 Å². The van der Waals surface area contributed by atoms with E-state index in [1.54, 1.807) is 0 Å². The van der Waals surface area contributed by atoms with Gasteiger partial charge in [-0.3, -0.25) is 5.43 Å². The maximum atomic E-state index is 5.98. The van der Waals surface area contributed by atoms with Gasteiger partial charge in [-0.05, 0) is 39.2 Å². The largest absolute Gasteiger partial charge is 0.477 e. The lowest BCUT2D eigenvalue weighted by atomic mass is 10.2. The van der Waals surface area contributed by atoms with Gasteiger partial charge in [0, 0.05) is 37.3 Å². The third-order valence-electron chi connectivity index (χ3n) is 4.81. The summed E-state index contributed by atoms with van der Waals surface area (Å²) >= 11 is 0. The Morgan fingerprint density at radius 3 is 2.60 bits per heavy atom. The summed E-state index contributed by atoms with van der Waals surface area (Å²) in [7, 11) is 0. The van der Waals surface area contributed by atoms with Crippen LogP contribution in [0, 0.1) is 6.92 Å². The Bertz CT molecular complexity index is 839. The Kier molecular flexibility index (Phi) is 9.92. The zero-order chi connectivity index (χ0) is 21.8. The molecule has 1 aromatic carbocycles. The maximum Gasteiger partial charge on any atom is 0.217 e. The molecule has 0 radical (unpaired) electrons. The number of hydrogen-bond donors (Lipinski definition) is 1. The summed E-state index contributed by atoms with van der Waals surface area (Å²) < 4.78 is 5.98. The molecule has 0 spiro atoms. The van der Waals surface area contributed by atoms with E-state index in [1.807, 2.05) is 30.5 Å². The van der Waals surface area contributed by atoms with Crippen LogP contribution in [0.25, 0.3) is 0 Å². The molecule has 0 amide bonds. The van der Waals surface area contributed by atoms with Gasteiger partial charge in [0.2, 0.25) is 5.88 Å². The SMILES string of the molecule is C/C=C(\C)CCOc1cc(N(CCC)CCC)cc(N/N=C/c2cccc(C)c2)n1. The van der Waals surface area contributed by atoms with Crippen molar-refractivity contribution in [2.45, 2.75) is 53.9 Å². The molecule has 30 heavy (non-hydrogen) atoms. The third-order valence-corrected chi connectivity index (χ3v) is 4.81. The van der Waals surface area contributed by atoms with E-state index in [-0.39, 0.29) is 0 Å². The van der Waals surface area contributed by atoms with Gasteiger partial charge in [0.15, 0.2) is 5.82 Å². The molecule has 0 saturated heterocycles. The van der Waals surface area contributed by atoms with E-state index in [9.17, 15) is 0 Å². The summed E-state index contributed by atoms with van der Waals surface area (Å²) in [5, 5.41) is 4.39. The topological polar surface area (TPSA) is 49.8 Å². The molecular formula is C25H36N4O. The van der Waals surface area contributed by atoms with Crippen molar-refractivity contribution in [1.82, 2.24) is 4.98 Å². The van der Waals surface area contributed by atoms with E-state index in [1.165, 1.54) is 11.1 Å². The Morgan fingerprint density at radius 1 is 1.17 bits per heavy atom. The first kappa shape index (κ1) is 23.5. The van der Waals surface area contributed by atoms with Crippen LogP contribution in [-0.4, -0.2) is 30.9 Å². The number of nitrogens with one attached hydrogen (secondary N) is 1. The number of hydrazone groups is 1. The summed E-state index contributed by atoms with van der Waals surface area (Å²) in [6.07, 6.45) is 7.00. The highest BCUT2D eigenvalue weighted by Crippen LogP contribution is 2.25. The average molecular weight is 409 g/mol. The molecular weight excluding hydrogens is 372 g/mol. The van der Waals surface area contributed by atoms with Gasteiger partial charge in [-0.2, -0.15) is 10.1 Å². The number of anilines is 2. The Hall–Kier alpha value is -2.82. The van der Waals surface area contributed by atoms with Crippen molar-refractivity contribution in [3.05, 3.63) is 59.2 Å². The minimum Gasteiger partial charge on any atom is -0.477 e. The van der Waals surface area contributed by atoms with Gasteiger partial charge < -0.3 is 9.64 Å². The van der Waals surface area contributed by atoms with Gasteiger partial charge in [-0.25, -0.2) is 0 Å². The smallest absolute Gasteiger partial charge is 0.217 e. The zero-order valence-corrected chi connectivity index (χ0v) is 19.1. The highest BCUT2D eigenvalue weighted by molar-refractivity contribution is 5.80. The Morgan fingerprint density at radius 2 is 1.93 bits per heavy atom. The monoisotopic (exact) mass is 408 g/mol. The van der Waals surface area contributed by atoms with Gasteiger partial charge in [0.25, 0.3) is 0 Å². The van der Waals surface area contributed by atoms with Gasteiger partial charge in [-0.1, -0.05) is 55.3 Å². The summed E-state index contributed by atoms with van der Waals surface area (Å²) in [5.41, 5.74) is 7.77. The van der Waals surface area contributed by atoms with Crippen molar-refractivity contribution in [3.63, 3.8) is 0 Å². The number of aryl methyl sites for hydroxylation is 1. The number of aromatic nitrogens is 1. The van der Waals surface area contributed by atoms with E-state index in [0.717, 1.165) is 43.6 Å². The number of rotatable bonds is 12. The van der Waals surface area contributed by atoms with E-state index in [0.29, 0.717) is 18.3 Å². The maximum absolute atomic E-state index is 5.98. The minimum atomic E-state index is 0.611. The Balaban J connectivity index is 2.20. The lowest BCUT2D eigenvalue weighted by Crippen LogP contribution is -2.25. The summed E-state index contributed by atoms with van der Waals surface area (Å²) in [4.78, 5) is 6.99. The van der Waals surface area contributed by atoms with Crippen molar-refractivity contribution in [2.24, 2.45) is 5.10 Å². The van der Waals surface area contributed by atoms with Crippen LogP contribution >= 0.6 is 0 Å². The molecule has 1 aromatic heterocycles. The summed E-state index contributed by atoms with van der Waals surface area (Å²) in [6, 6.07) is 12.3. The average Bonchev–Trinajstić information content (AvgIpc) is 2.73. The zero-order valence-electron chi connectivity index (χ0n) is 19.1. The molecule has 0 bridgehead atoms. The van der Waals surface area contributed by atoms with Crippen molar-refractivity contribution in [1.29, 1.82) is 0 Å². The van der Waals surface area contributed by atoms with Crippen LogP contribution in [0.4, 0.5) is 11.5 Å². The number of ether oxygens (including phenoxy) is 1. The van der Waals surface area contributed by atoms with Crippen molar-refractivity contribution in [3.8, 4) is 5.88 Å². The standard InChI is InChI=1S/C25H36N4O/c1-6-13-29(14-7-2)23-17-24(27-25(18-23)30-15-12-20(4)8-3)28-26-19-22-11-9-10-21(5)16-22/h8-11,16-19H,6-7,12-15H2,1-5H3,(H,27,28)/b20-8+,26-19+. The fraction of sp³-hybridized carbons (Fsp3) is 0.440. The van der Waals surface area contributed by atoms with Crippen LogP contribution in [0.2, 0.25) is 0 Å². The quantitative estimate of drug-likeness (QED) is 0.258. The van der Waals surface area contributed by atoms with Crippen molar-refractivity contribution < 1.29 is 4.74 Å². The molecule has 0 unspecified atom stereocenters. The molecule has 0 atom stereocenters. The highest BCUT2D eigenvalue weighted by atomic mass is 16.5. The van der Waals surface area contributed by atoms with Gasteiger partial charge in [-0.15, -0.1) is 0 Å². The minimum absolute atomic E-state index is 0.611. The predicted octanol–water partition coefficient (Wildman–Crippen LogP) is 6.20. The second kappa shape index (κ2) is 12.7. The van der Waals surface area contributed by atoms with Gasteiger partial charge in [0.1, 0.15) is 0 Å². The van der Waals surface area contributed by atoms with Crippen molar-refractivity contribution in [2.75, 3.05) is 30.0 Å². The molecule has 0 aliphatic heterocycles. The van der Waals surface area contributed by atoms with Crippen LogP contribution < -0.4 is 15.1 Å². The second-order valence-electron chi connectivity index (χ2n) is 7.55.